The first kappa shape index (κ1) is 17.4. The van der Waals surface area contributed by atoms with Crippen LogP contribution in [0.1, 0.15) is 52.0 Å². The van der Waals surface area contributed by atoms with Crippen molar-refractivity contribution in [3.8, 4) is 0 Å². The van der Waals surface area contributed by atoms with E-state index in [1.165, 1.54) is 15.8 Å². The lowest BCUT2D eigenvalue weighted by atomic mass is 9.93. The van der Waals surface area contributed by atoms with E-state index in [1.807, 2.05) is 24.0 Å². The van der Waals surface area contributed by atoms with Crippen molar-refractivity contribution < 1.29 is 4.79 Å². The van der Waals surface area contributed by atoms with Gasteiger partial charge in [-0.3, -0.25) is 9.59 Å². The van der Waals surface area contributed by atoms with Crippen LogP contribution in [0.25, 0.3) is 0 Å². The van der Waals surface area contributed by atoms with E-state index in [2.05, 4.69) is 31.1 Å². The zero-order valence-corrected chi connectivity index (χ0v) is 15.5. The third kappa shape index (κ3) is 2.99. The second-order valence-corrected chi connectivity index (χ2v) is 7.11. The molecule has 5 heteroatoms. The summed E-state index contributed by atoms with van der Waals surface area (Å²) in [6.07, 6.45) is 0.917. The molecule has 2 aromatic rings. The summed E-state index contributed by atoms with van der Waals surface area (Å²) in [5.74, 6) is 0.138. The number of nitrogens with zero attached hydrogens (tertiary/aromatic N) is 3. The molecular formula is C20H25N3O2. The van der Waals surface area contributed by atoms with Crippen LogP contribution in [0.4, 0.5) is 0 Å². The van der Waals surface area contributed by atoms with Crippen LogP contribution in [0, 0.1) is 20.8 Å². The standard InChI is InChI=1S/C20H25N3O2/c1-12-8-6-7-9-17(12)16-10-13(2)23(11-16)20(25)18-14(3)15(4)21-22(5)19(18)24/h6-9,13,16H,10-11H2,1-5H3/t13-,16-/m0/s1. The largest absolute Gasteiger partial charge is 0.335 e. The van der Waals surface area contributed by atoms with Crippen molar-refractivity contribution in [3.63, 3.8) is 0 Å². The number of likely N-dealkylation sites (tertiary alicyclic amines) is 1. The zero-order chi connectivity index (χ0) is 18.3. The lowest BCUT2D eigenvalue weighted by Gasteiger charge is -2.22. The maximum Gasteiger partial charge on any atom is 0.279 e. The fourth-order valence-corrected chi connectivity index (χ4v) is 3.83. The normalized spacial score (nSPS) is 20.1. The molecule has 0 radical (unpaired) electrons. The smallest absolute Gasteiger partial charge is 0.279 e. The Morgan fingerprint density at radius 3 is 2.56 bits per heavy atom. The Bertz CT molecular complexity index is 885. The molecule has 25 heavy (non-hydrogen) atoms. The molecule has 3 rings (SSSR count). The highest BCUT2D eigenvalue weighted by Crippen LogP contribution is 2.34. The highest BCUT2D eigenvalue weighted by Gasteiger charge is 2.36. The van der Waals surface area contributed by atoms with Crippen LogP contribution < -0.4 is 5.56 Å². The van der Waals surface area contributed by atoms with Crippen molar-refractivity contribution in [2.24, 2.45) is 7.05 Å². The van der Waals surface area contributed by atoms with Gasteiger partial charge in [0.2, 0.25) is 0 Å². The Kier molecular flexibility index (Phi) is 4.50. The van der Waals surface area contributed by atoms with Gasteiger partial charge in [-0.1, -0.05) is 24.3 Å². The third-order valence-corrected chi connectivity index (χ3v) is 5.40. The molecule has 5 nitrogen and oxygen atoms in total. The predicted octanol–water partition coefficient (Wildman–Crippen LogP) is 2.72. The van der Waals surface area contributed by atoms with Crippen molar-refractivity contribution in [2.45, 2.75) is 46.1 Å². The number of carbonyl (C=O) groups excluding carboxylic acids is 1. The topological polar surface area (TPSA) is 55.2 Å². The van der Waals surface area contributed by atoms with Gasteiger partial charge < -0.3 is 4.90 Å². The van der Waals surface area contributed by atoms with Gasteiger partial charge in [0.15, 0.2) is 0 Å². The Morgan fingerprint density at radius 2 is 1.88 bits per heavy atom. The van der Waals surface area contributed by atoms with Gasteiger partial charge in [-0.2, -0.15) is 5.10 Å². The van der Waals surface area contributed by atoms with Gasteiger partial charge >= 0.3 is 0 Å². The van der Waals surface area contributed by atoms with E-state index in [0.29, 0.717) is 23.7 Å². The third-order valence-electron chi connectivity index (χ3n) is 5.40. The van der Waals surface area contributed by atoms with Crippen LogP contribution >= 0.6 is 0 Å². The molecule has 1 aliphatic rings. The van der Waals surface area contributed by atoms with Crippen LogP contribution in [0.5, 0.6) is 0 Å². The lowest BCUT2D eigenvalue weighted by Crippen LogP contribution is -2.40. The molecule has 1 amide bonds. The summed E-state index contributed by atoms with van der Waals surface area (Å²) in [5, 5.41) is 4.17. The van der Waals surface area contributed by atoms with Gasteiger partial charge in [0.05, 0.1) is 5.69 Å². The number of aromatic nitrogens is 2. The van der Waals surface area contributed by atoms with Crippen LogP contribution in [0.2, 0.25) is 0 Å². The molecule has 2 heterocycles. The van der Waals surface area contributed by atoms with Crippen molar-refractivity contribution in [1.29, 1.82) is 0 Å². The average molecular weight is 339 g/mol. The fraction of sp³-hybridized carbons (Fsp3) is 0.450. The molecule has 132 valence electrons. The summed E-state index contributed by atoms with van der Waals surface area (Å²) in [6, 6.07) is 8.43. The average Bonchev–Trinajstić information content (AvgIpc) is 2.95. The molecule has 0 N–H and O–H groups in total. The van der Waals surface area contributed by atoms with E-state index in [1.54, 1.807) is 14.0 Å². The molecule has 0 bridgehead atoms. The van der Waals surface area contributed by atoms with E-state index in [0.717, 1.165) is 6.42 Å². The minimum absolute atomic E-state index is 0.106. The van der Waals surface area contributed by atoms with Gasteiger partial charge in [-0.25, -0.2) is 4.68 Å². The van der Waals surface area contributed by atoms with Gasteiger partial charge in [0, 0.05) is 25.6 Å². The first-order chi connectivity index (χ1) is 11.8. The lowest BCUT2D eigenvalue weighted by molar-refractivity contribution is 0.0742. The molecule has 2 atom stereocenters. The number of rotatable bonds is 2. The van der Waals surface area contributed by atoms with Crippen molar-refractivity contribution >= 4 is 5.91 Å². The highest BCUT2D eigenvalue weighted by atomic mass is 16.2. The molecule has 1 fully saturated rings. The molecular weight excluding hydrogens is 314 g/mol. The summed E-state index contributed by atoms with van der Waals surface area (Å²) < 4.78 is 1.26. The number of hydrogen-bond donors (Lipinski definition) is 0. The van der Waals surface area contributed by atoms with Crippen LogP contribution in [-0.4, -0.2) is 33.2 Å². The summed E-state index contributed by atoms with van der Waals surface area (Å²) in [5.41, 5.74) is 3.88. The SMILES string of the molecule is Cc1ccccc1[C@H]1C[C@H](C)N(C(=O)c2c(C)c(C)nn(C)c2=O)C1. The fourth-order valence-electron chi connectivity index (χ4n) is 3.83. The number of amides is 1. The summed E-state index contributed by atoms with van der Waals surface area (Å²) in [4.78, 5) is 27.5. The highest BCUT2D eigenvalue weighted by molar-refractivity contribution is 5.95. The molecule has 0 aliphatic carbocycles. The van der Waals surface area contributed by atoms with Crippen molar-refractivity contribution in [3.05, 3.63) is 62.6 Å². The molecule has 0 saturated carbocycles. The minimum Gasteiger partial charge on any atom is -0.335 e. The monoisotopic (exact) mass is 339 g/mol. The Hall–Kier alpha value is -2.43. The summed E-state index contributed by atoms with van der Waals surface area (Å²) in [7, 11) is 1.59. The second-order valence-electron chi connectivity index (χ2n) is 7.11. The Balaban J connectivity index is 1.95. The van der Waals surface area contributed by atoms with Crippen LogP contribution in [-0.2, 0) is 7.05 Å². The maximum absolute atomic E-state index is 13.2. The number of carbonyl (C=O) groups is 1. The maximum atomic E-state index is 13.2. The van der Waals surface area contributed by atoms with E-state index in [4.69, 9.17) is 0 Å². The van der Waals surface area contributed by atoms with Crippen LogP contribution in [0.3, 0.4) is 0 Å². The van der Waals surface area contributed by atoms with Crippen molar-refractivity contribution in [2.75, 3.05) is 6.54 Å². The number of benzene rings is 1. The van der Waals surface area contributed by atoms with Gasteiger partial charge in [-0.05, 0) is 50.8 Å². The molecule has 1 saturated heterocycles. The Morgan fingerprint density at radius 1 is 1.20 bits per heavy atom. The zero-order valence-electron chi connectivity index (χ0n) is 15.5. The number of aryl methyl sites for hydroxylation is 3. The summed E-state index contributed by atoms with van der Waals surface area (Å²) in [6.45, 7) is 8.45. The minimum atomic E-state index is -0.320. The molecule has 1 aliphatic heterocycles. The molecule has 1 aromatic carbocycles. The molecule has 0 spiro atoms. The summed E-state index contributed by atoms with van der Waals surface area (Å²) >= 11 is 0. The van der Waals surface area contributed by atoms with Gasteiger partial charge in [0.25, 0.3) is 11.5 Å². The quantitative estimate of drug-likeness (QED) is 0.845. The first-order valence-corrected chi connectivity index (χ1v) is 8.72. The van der Waals surface area contributed by atoms with Gasteiger partial charge in [-0.15, -0.1) is 0 Å². The van der Waals surface area contributed by atoms with E-state index in [9.17, 15) is 9.59 Å². The molecule has 0 unspecified atom stereocenters. The van der Waals surface area contributed by atoms with Crippen molar-refractivity contribution in [1.82, 2.24) is 14.7 Å². The molecule has 1 aromatic heterocycles. The predicted molar refractivity (Wildman–Crippen MR) is 98.0 cm³/mol. The number of hydrogen-bond acceptors (Lipinski definition) is 3. The van der Waals surface area contributed by atoms with E-state index < -0.39 is 0 Å². The second kappa shape index (κ2) is 6.47. The van der Waals surface area contributed by atoms with Crippen LogP contribution in [0.15, 0.2) is 29.1 Å². The first-order valence-electron chi connectivity index (χ1n) is 8.72. The van der Waals surface area contributed by atoms with E-state index in [-0.39, 0.29) is 23.1 Å². The van der Waals surface area contributed by atoms with Gasteiger partial charge in [0.1, 0.15) is 5.56 Å². The van der Waals surface area contributed by atoms with E-state index >= 15 is 0 Å². The Labute approximate surface area is 148 Å².